The molecule has 0 amide bonds. The van der Waals surface area contributed by atoms with Crippen LogP contribution in [0.15, 0.2) is 40.9 Å². The van der Waals surface area contributed by atoms with Gasteiger partial charge in [0, 0.05) is 10.0 Å². The average molecular weight is 382 g/mol. The summed E-state index contributed by atoms with van der Waals surface area (Å²) in [6.45, 7) is 0.356. The highest BCUT2D eigenvalue weighted by Crippen LogP contribution is 2.35. The number of allylic oxidation sites excluding steroid dienone is 1. The molecule has 4 nitrogen and oxygen atoms in total. The Morgan fingerprint density at radius 2 is 2.08 bits per heavy atom. The molecule has 0 saturated heterocycles. The quantitative estimate of drug-likeness (QED) is 0.451. The first kappa shape index (κ1) is 16.0. The van der Waals surface area contributed by atoms with E-state index in [2.05, 4.69) is 27.9 Å². The summed E-state index contributed by atoms with van der Waals surface area (Å²) < 4.78 is 17.1. The SMILES string of the molecule is C#CCOc1ccc(Br)cc1/C=C(/C#N)c1ccc2c(c1)OCO2. The third-order valence-corrected chi connectivity index (χ3v) is 3.88. The summed E-state index contributed by atoms with van der Waals surface area (Å²) in [6.07, 6.45) is 7.01. The molecule has 5 heteroatoms. The van der Waals surface area contributed by atoms with E-state index in [0.29, 0.717) is 22.8 Å². The highest BCUT2D eigenvalue weighted by atomic mass is 79.9. The molecule has 2 aromatic rings. The fourth-order valence-corrected chi connectivity index (χ4v) is 2.66. The van der Waals surface area contributed by atoms with Gasteiger partial charge in [0.1, 0.15) is 12.4 Å². The topological polar surface area (TPSA) is 51.5 Å². The summed E-state index contributed by atoms with van der Waals surface area (Å²) in [5.41, 5.74) is 1.98. The van der Waals surface area contributed by atoms with E-state index < -0.39 is 0 Å². The molecule has 0 fully saturated rings. The first-order valence-corrected chi connectivity index (χ1v) is 7.88. The number of rotatable bonds is 4. The Labute approximate surface area is 148 Å². The van der Waals surface area contributed by atoms with Gasteiger partial charge in [-0.05, 0) is 48.0 Å². The molecular formula is C19H12BrNO3. The van der Waals surface area contributed by atoms with E-state index in [4.69, 9.17) is 20.6 Å². The summed E-state index contributed by atoms with van der Waals surface area (Å²) in [5.74, 6) is 4.36. The number of benzene rings is 2. The Morgan fingerprint density at radius 1 is 1.25 bits per heavy atom. The molecular weight excluding hydrogens is 370 g/mol. The standard InChI is InChI=1S/C19H12BrNO3/c1-2-7-22-17-6-4-16(20)9-14(17)8-15(11-21)13-3-5-18-19(10-13)24-12-23-18/h1,3-6,8-10H,7,12H2/b15-8-. The van der Waals surface area contributed by atoms with Gasteiger partial charge in [-0.3, -0.25) is 0 Å². The molecule has 0 atom stereocenters. The van der Waals surface area contributed by atoms with Crippen molar-refractivity contribution in [3.63, 3.8) is 0 Å². The number of nitriles is 1. The minimum Gasteiger partial charge on any atom is -0.480 e. The zero-order valence-electron chi connectivity index (χ0n) is 12.6. The molecule has 0 spiro atoms. The summed E-state index contributed by atoms with van der Waals surface area (Å²) in [6, 6.07) is 13.2. The van der Waals surface area contributed by atoms with Crippen LogP contribution in [0.1, 0.15) is 11.1 Å². The van der Waals surface area contributed by atoms with Crippen LogP contribution in [0.2, 0.25) is 0 Å². The fourth-order valence-electron chi connectivity index (χ4n) is 2.28. The molecule has 118 valence electrons. The molecule has 0 unspecified atom stereocenters. The first-order chi connectivity index (χ1) is 11.7. The van der Waals surface area contributed by atoms with Crippen LogP contribution in [-0.2, 0) is 0 Å². The molecule has 1 aliphatic rings. The van der Waals surface area contributed by atoms with E-state index in [1.165, 1.54) is 0 Å². The molecule has 0 saturated carbocycles. The van der Waals surface area contributed by atoms with Crippen molar-refractivity contribution in [2.24, 2.45) is 0 Å². The van der Waals surface area contributed by atoms with Gasteiger partial charge < -0.3 is 14.2 Å². The minimum atomic E-state index is 0.161. The van der Waals surface area contributed by atoms with Crippen molar-refractivity contribution in [1.82, 2.24) is 0 Å². The van der Waals surface area contributed by atoms with Gasteiger partial charge in [-0.2, -0.15) is 5.26 Å². The van der Waals surface area contributed by atoms with E-state index in [1.807, 2.05) is 24.3 Å². The Kier molecular flexibility index (Phi) is 4.74. The lowest BCUT2D eigenvalue weighted by Crippen LogP contribution is -1.96. The van der Waals surface area contributed by atoms with Crippen molar-refractivity contribution < 1.29 is 14.2 Å². The number of terminal acetylenes is 1. The van der Waals surface area contributed by atoms with E-state index in [9.17, 15) is 5.26 Å². The van der Waals surface area contributed by atoms with Crippen molar-refractivity contribution >= 4 is 27.6 Å². The van der Waals surface area contributed by atoms with Crippen molar-refractivity contribution in [2.45, 2.75) is 0 Å². The maximum Gasteiger partial charge on any atom is 0.231 e. The predicted octanol–water partition coefficient (Wildman–Crippen LogP) is 4.25. The van der Waals surface area contributed by atoms with Gasteiger partial charge in [0.25, 0.3) is 0 Å². The van der Waals surface area contributed by atoms with Crippen LogP contribution in [0.3, 0.4) is 0 Å². The summed E-state index contributed by atoms with van der Waals surface area (Å²) in [7, 11) is 0. The first-order valence-electron chi connectivity index (χ1n) is 7.09. The highest BCUT2D eigenvalue weighted by Gasteiger charge is 2.15. The third-order valence-electron chi connectivity index (χ3n) is 3.39. The molecule has 1 heterocycles. The van der Waals surface area contributed by atoms with Crippen LogP contribution in [0.5, 0.6) is 17.2 Å². The number of fused-ring (bicyclic) bond motifs is 1. The smallest absolute Gasteiger partial charge is 0.231 e. The zero-order valence-corrected chi connectivity index (χ0v) is 14.2. The Morgan fingerprint density at radius 3 is 2.88 bits per heavy atom. The number of hydrogen-bond donors (Lipinski definition) is 0. The van der Waals surface area contributed by atoms with Gasteiger partial charge in [0.2, 0.25) is 6.79 Å². The molecule has 0 aliphatic carbocycles. The number of hydrogen-bond acceptors (Lipinski definition) is 4. The third kappa shape index (κ3) is 3.37. The van der Waals surface area contributed by atoms with Gasteiger partial charge >= 0.3 is 0 Å². The van der Waals surface area contributed by atoms with E-state index in [-0.39, 0.29) is 13.4 Å². The van der Waals surface area contributed by atoms with Crippen LogP contribution < -0.4 is 14.2 Å². The largest absolute Gasteiger partial charge is 0.480 e. The molecule has 0 radical (unpaired) electrons. The molecule has 3 rings (SSSR count). The lowest BCUT2D eigenvalue weighted by molar-refractivity contribution is 0.174. The molecule has 0 bridgehead atoms. The summed E-state index contributed by atoms with van der Waals surface area (Å²) >= 11 is 3.43. The normalized spacial score (nSPS) is 12.4. The minimum absolute atomic E-state index is 0.161. The van der Waals surface area contributed by atoms with Crippen LogP contribution in [0.25, 0.3) is 11.6 Å². The second-order valence-electron chi connectivity index (χ2n) is 4.91. The van der Waals surface area contributed by atoms with Crippen molar-refractivity contribution in [3.8, 4) is 35.7 Å². The molecule has 2 aromatic carbocycles. The highest BCUT2D eigenvalue weighted by molar-refractivity contribution is 9.10. The second kappa shape index (κ2) is 7.12. The number of halogens is 1. The van der Waals surface area contributed by atoms with Gasteiger partial charge in [-0.25, -0.2) is 0 Å². The Bertz CT molecular complexity index is 890. The van der Waals surface area contributed by atoms with Crippen LogP contribution in [-0.4, -0.2) is 13.4 Å². The monoisotopic (exact) mass is 381 g/mol. The Hall–Kier alpha value is -2.89. The number of ether oxygens (including phenoxy) is 3. The lowest BCUT2D eigenvalue weighted by Gasteiger charge is -2.08. The van der Waals surface area contributed by atoms with Crippen molar-refractivity contribution in [3.05, 3.63) is 52.0 Å². The lowest BCUT2D eigenvalue weighted by atomic mass is 10.0. The van der Waals surface area contributed by atoms with Gasteiger partial charge in [0.05, 0.1) is 11.6 Å². The van der Waals surface area contributed by atoms with Gasteiger partial charge in [-0.1, -0.05) is 21.9 Å². The Balaban J connectivity index is 2.01. The van der Waals surface area contributed by atoms with Gasteiger partial charge in [-0.15, -0.1) is 6.42 Å². The molecule has 24 heavy (non-hydrogen) atoms. The average Bonchev–Trinajstić information content (AvgIpc) is 3.06. The fraction of sp³-hybridized carbons (Fsp3) is 0.105. The van der Waals surface area contributed by atoms with Crippen LogP contribution >= 0.6 is 15.9 Å². The second-order valence-corrected chi connectivity index (χ2v) is 5.83. The van der Waals surface area contributed by atoms with Crippen molar-refractivity contribution in [1.29, 1.82) is 5.26 Å². The van der Waals surface area contributed by atoms with Crippen LogP contribution in [0, 0.1) is 23.7 Å². The molecule has 0 aromatic heterocycles. The summed E-state index contributed by atoms with van der Waals surface area (Å²) in [5, 5.41) is 9.55. The van der Waals surface area contributed by atoms with E-state index in [1.54, 1.807) is 18.2 Å². The van der Waals surface area contributed by atoms with E-state index in [0.717, 1.165) is 15.6 Å². The zero-order chi connectivity index (χ0) is 16.9. The maximum atomic E-state index is 9.55. The molecule has 1 aliphatic heterocycles. The maximum absolute atomic E-state index is 9.55. The number of nitrogens with zero attached hydrogens (tertiary/aromatic N) is 1. The van der Waals surface area contributed by atoms with Crippen molar-refractivity contribution in [2.75, 3.05) is 13.4 Å². The van der Waals surface area contributed by atoms with E-state index >= 15 is 0 Å². The van der Waals surface area contributed by atoms with Gasteiger partial charge in [0.15, 0.2) is 11.5 Å². The summed E-state index contributed by atoms with van der Waals surface area (Å²) in [4.78, 5) is 0. The van der Waals surface area contributed by atoms with Crippen LogP contribution in [0.4, 0.5) is 0 Å². The molecule has 0 N–H and O–H groups in total. The predicted molar refractivity (Wildman–Crippen MR) is 94.5 cm³/mol.